The monoisotopic (exact) mass is 876 g/mol. The third-order valence-corrected chi connectivity index (χ3v) is 8.54. The van der Waals surface area contributed by atoms with E-state index < -0.39 is 43.6 Å². The van der Waals surface area contributed by atoms with Gasteiger partial charge in [-0.05, 0) is 0 Å². The first-order valence-corrected chi connectivity index (χ1v) is 19.4. The van der Waals surface area contributed by atoms with Crippen molar-refractivity contribution < 1.29 is 66.5 Å². The molecule has 8 N–H and O–H groups in total. The molecule has 26 nitrogen and oxygen atoms in total. The lowest BCUT2D eigenvalue weighted by molar-refractivity contribution is -0.184. The zero-order valence-corrected chi connectivity index (χ0v) is 35.2. The van der Waals surface area contributed by atoms with Crippen molar-refractivity contribution in [3.8, 4) is 0 Å². The van der Waals surface area contributed by atoms with E-state index in [0.29, 0.717) is 22.3 Å². The molecule has 0 saturated carbocycles. The van der Waals surface area contributed by atoms with Crippen molar-refractivity contribution >= 4 is 69.7 Å². The fourth-order valence-corrected chi connectivity index (χ4v) is 5.41. The van der Waals surface area contributed by atoms with E-state index >= 15 is 0 Å². The molecule has 3 aliphatic heterocycles. The predicted molar refractivity (Wildman–Crippen MR) is 212 cm³/mol. The maximum atomic E-state index is 11.5. The molecule has 0 radical (unpaired) electrons. The smallest absolute Gasteiger partial charge is 0.308 e. The summed E-state index contributed by atoms with van der Waals surface area (Å²) in [5, 5.41) is 0. The van der Waals surface area contributed by atoms with E-state index in [1.165, 1.54) is 19.6 Å². The van der Waals surface area contributed by atoms with E-state index in [0.717, 1.165) is 0 Å². The number of esters is 4. The number of ether oxygens (including phenoxy) is 10. The maximum Gasteiger partial charge on any atom is 0.308 e. The molecule has 7 heterocycles. The number of rotatable bonds is 12. The molecule has 0 bridgehead atoms. The normalized spacial score (nSPS) is 22.0. The highest BCUT2D eigenvalue weighted by Gasteiger charge is 2.33. The molecule has 6 atom stereocenters. The fraction of sp³-hybridized carbons (Fsp3) is 0.611. The Kier molecular flexibility index (Phi) is 16.0. The number of hydrogen-bond donors (Lipinski definition) is 4. The van der Waals surface area contributed by atoms with Crippen LogP contribution in [0.2, 0.25) is 0 Å². The average molecular weight is 877 g/mol. The van der Waals surface area contributed by atoms with Gasteiger partial charge in [0.15, 0.2) is 54.3 Å². The molecule has 26 heteroatoms. The van der Waals surface area contributed by atoms with Crippen molar-refractivity contribution in [2.45, 2.75) is 86.1 Å². The van der Waals surface area contributed by atoms with Gasteiger partial charge in [-0.25, -0.2) is 9.97 Å². The van der Waals surface area contributed by atoms with Gasteiger partial charge < -0.3 is 70.3 Å². The number of aromatic nitrogens is 8. The Labute approximate surface area is 354 Å². The topological polar surface area (TPSA) is 352 Å². The lowest BCUT2D eigenvalue weighted by Gasteiger charge is -2.14. The van der Waals surface area contributed by atoms with E-state index in [-0.39, 0.29) is 98.8 Å². The minimum absolute atomic E-state index is 0.00871. The zero-order chi connectivity index (χ0) is 45.2. The summed E-state index contributed by atoms with van der Waals surface area (Å²) in [7, 11) is 0. The van der Waals surface area contributed by atoms with Crippen molar-refractivity contribution in [2.75, 3.05) is 62.6 Å². The number of anilines is 4. The third-order valence-electron chi connectivity index (χ3n) is 8.54. The Hall–Kier alpha value is -6.06. The molecule has 340 valence electrons. The Bertz CT molecular complexity index is 2060. The molecule has 62 heavy (non-hydrogen) atoms. The number of hydrogen-bond acceptors (Lipinski definition) is 24. The van der Waals surface area contributed by atoms with Crippen molar-refractivity contribution in [2.24, 2.45) is 17.8 Å². The zero-order valence-electron chi connectivity index (χ0n) is 35.2. The van der Waals surface area contributed by atoms with Gasteiger partial charge in [-0.15, -0.1) is 0 Å². The summed E-state index contributed by atoms with van der Waals surface area (Å²) in [6.07, 6.45) is -0.509. The van der Waals surface area contributed by atoms with E-state index in [1.807, 2.05) is 0 Å². The van der Waals surface area contributed by atoms with Crippen LogP contribution in [0.3, 0.4) is 0 Å². The first-order chi connectivity index (χ1) is 29.4. The molecule has 7 rings (SSSR count). The molecule has 4 aromatic rings. The molecule has 4 aromatic heterocycles. The first-order valence-electron chi connectivity index (χ1n) is 19.4. The Morgan fingerprint density at radius 3 is 1.35 bits per heavy atom. The second kappa shape index (κ2) is 21.1. The van der Waals surface area contributed by atoms with Crippen LogP contribution < -0.4 is 22.9 Å². The summed E-state index contributed by atoms with van der Waals surface area (Å²) < 4.78 is 55.8. The van der Waals surface area contributed by atoms with Crippen LogP contribution in [-0.2, 0) is 66.5 Å². The van der Waals surface area contributed by atoms with Gasteiger partial charge in [0.1, 0.15) is 37.5 Å². The first kappa shape index (κ1) is 47.0. The molecular formula is C36H52N12O14. The fourth-order valence-electron chi connectivity index (χ4n) is 5.41. The van der Waals surface area contributed by atoms with Crippen LogP contribution in [-0.4, -0.2) is 128 Å². The van der Waals surface area contributed by atoms with Gasteiger partial charge in [0.2, 0.25) is 18.2 Å². The molecule has 0 amide bonds. The molecule has 0 spiro atoms. The third kappa shape index (κ3) is 12.5. The molecule has 3 saturated heterocycles. The summed E-state index contributed by atoms with van der Waals surface area (Å²) in [6.45, 7) is 12.5. The van der Waals surface area contributed by atoms with Gasteiger partial charge in [-0.1, -0.05) is 41.5 Å². The van der Waals surface area contributed by atoms with Gasteiger partial charge in [0, 0.05) is 6.92 Å². The van der Waals surface area contributed by atoms with Crippen LogP contribution in [0.4, 0.5) is 23.5 Å². The lowest BCUT2D eigenvalue weighted by atomic mass is 10.2. The maximum absolute atomic E-state index is 11.5. The van der Waals surface area contributed by atoms with Crippen LogP contribution >= 0.6 is 0 Å². The van der Waals surface area contributed by atoms with E-state index in [2.05, 4.69) is 29.9 Å². The van der Waals surface area contributed by atoms with Crippen LogP contribution in [0.25, 0.3) is 22.3 Å². The average Bonchev–Trinajstić information content (AvgIpc) is 4.06. The number of carbonyl (C=O) groups excluding carboxylic acids is 4. The van der Waals surface area contributed by atoms with Gasteiger partial charge in [-0.3, -0.25) is 28.3 Å². The second-order valence-electron chi connectivity index (χ2n) is 14.6. The highest BCUT2D eigenvalue weighted by Crippen LogP contribution is 2.28. The number of nitrogens with two attached hydrogens (primary N) is 4. The summed E-state index contributed by atoms with van der Waals surface area (Å²) in [4.78, 5) is 69.0. The van der Waals surface area contributed by atoms with E-state index in [1.54, 1.807) is 50.7 Å². The Morgan fingerprint density at radius 1 is 0.613 bits per heavy atom. The Balaban J connectivity index is 0.000000179. The van der Waals surface area contributed by atoms with Crippen LogP contribution in [0.15, 0.2) is 12.7 Å². The summed E-state index contributed by atoms with van der Waals surface area (Å²) in [6, 6.07) is 0. The van der Waals surface area contributed by atoms with Crippen LogP contribution in [0.5, 0.6) is 0 Å². The minimum atomic E-state index is -0.708. The highest BCUT2D eigenvalue weighted by molar-refractivity contribution is 5.83. The van der Waals surface area contributed by atoms with Crippen molar-refractivity contribution in [3.63, 3.8) is 0 Å². The van der Waals surface area contributed by atoms with E-state index in [9.17, 15) is 19.2 Å². The number of carbonyl (C=O) groups is 4. The summed E-state index contributed by atoms with van der Waals surface area (Å²) in [5.41, 5.74) is 24.6. The van der Waals surface area contributed by atoms with Crippen LogP contribution in [0.1, 0.15) is 60.9 Å². The second-order valence-corrected chi connectivity index (χ2v) is 14.6. The van der Waals surface area contributed by atoms with Gasteiger partial charge in [0.05, 0.1) is 43.6 Å². The van der Waals surface area contributed by atoms with Crippen molar-refractivity contribution in [3.05, 3.63) is 12.7 Å². The van der Waals surface area contributed by atoms with Gasteiger partial charge in [0.25, 0.3) is 0 Å². The SMILES string of the molecule is CC(=O)OC1CO[C@@H](COC(=O)C(C)C)O1.CC(C)C(=O)OC[C@@H]1OC[C@@H](n2cnc3c(N)nc(N)nc32)O1.CC(C)C(=O)OC[C@@H]1OC[C@H](n2cnc3c(N)nc(N)nc32)O1. The lowest BCUT2D eigenvalue weighted by Crippen LogP contribution is -2.24. The Morgan fingerprint density at radius 2 is 0.984 bits per heavy atom. The molecule has 3 aliphatic rings. The number of fused-ring (bicyclic) bond motifs is 2. The van der Waals surface area contributed by atoms with Crippen molar-refractivity contribution in [1.82, 2.24) is 39.0 Å². The predicted octanol–water partition coefficient (Wildman–Crippen LogP) is 0.571. The molecule has 1 unspecified atom stereocenters. The largest absolute Gasteiger partial charge is 0.460 e. The quantitative estimate of drug-likeness (QED) is 0.112. The molecule has 0 aliphatic carbocycles. The summed E-state index contributed by atoms with van der Waals surface area (Å²) in [5.74, 6) is -1.44. The minimum Gasteiger partial charge on any atom is -0.460 e. The van der Waals surface area contributed by atoms with Crippen LogP contribution in [0, 0.1) is 17.8 Å². The highest BCUT2D eigenvalue weighted by atomic mass is 16.8. The van der Waals surface area contributed by atoms with E-state index in [4.69, 9.17) is 70.3 Å². The standard InChI is InChI=1S/2C13H18N6O4.C10H16O6/c2*1-6(2)12(20)22-4-8-21-3-7(23-8)19-5-16-9-10(14)17-13(15)18-11(9)19;1-6(2)10(12)14-4-8-13-5-9(16-8)15-7(3)11/h2*5-8H,3-4H2,1-2H3,(H4,14,15,17,18);6,8-9H,4-5H2,1-3H3/t7-,8+;7-,8-;8-,9?/m011/s1. The van der Waals surface area contributed by atoms with Gasteiger partial charge >= 0.3 is 23.9 Å². The number of nitrogens with zero attached hydrogens (tertiary/aromatic N) is 8. The number of nitrogen functional groups attached to an aromatic ring is 4. The molecular weight excluding hydrogens is 824 g/mol. The number of imidazole rings is 2. The molecule has 0 aromatic carbocycles. The summed E-state index contributed by atoms with van der Waals surface area (Å²) >= 11 is 0. The molecule has 3 fully saturated rings. The van der Waals surface area contributed by atoms with Gasteiger partial charge in [-0.2, -0.15) is 19.9 Å². The van der Waals surface area contributed by atoms with Crippen molar-refractivity contribution in [1.29, 1.82) is 0 Å².